The van der Waals surface area contributed by atoms with Gasteiger partial charge < -0.3 is 19.3 Å². The summed E-state index contributed by atoms with van der Waals surface area (Å²) in [4.78, 5) is 24.8. The maximum atomic E-state index is 12.8. The number of amides is 1. The predicted molar refractivity (Wildman–Crippen MR) is 130 cm³/mol. The number of hydrogen-bond acceptors (Lipinski definition) is 6. The lowest BCUT2D eigenvalue weighted by Crippen LogP contribution is -2.59. The molecule has 1 heterocycles. The second-order valence-electron chi connectivity index (χ2n) is 10.6. The molecule has 0 bridgehead atoms. The molecule has 7 nitrogen and oxygen atoms in total. The lowest BCUT2D eigenvalue weighted by atomic mass is 9.46. The summed E-state index contributed by atoms with van der Waals surface area (Å²) in [5.41, 5.74) is -0.116. The second-order valence-corrected chi connectivity index (χ2v) is 10.6. The Balaban J connectivity index is 1.24. The Hall–Kier alpha value is -3.06. The van der Waals surface area contributed by atoms with E-state index < -0.39 is 17.6 Å². The minimum absolute atomic E-state index is 0.0266. The molecule has 2 aliphatic carbocycles. The monoisotopic (exact) mass is 479 g/mol. The molecule has 186 valence electrons. The quantitative estimate of drug-likeness (QED) is 0.547. The Morgan fingerprint density at radius 2 is 1.77 bits per heavy atom. The van der Waals surface area contributed by atoms with Crippen molar-refractivity contribution in [3.8, 4) is 11.5 Å². The van der Waals surface area contributed by atoms with Crippen LogP contribution in [0.4, 0.5) is 10.5 Å². The number of nitrogens with one attached hydrogen (secondary N) is 1. The standard InChI is InChI=1S/C28H33NO6/c1-27-15-14-24(28(2,17-30)23(27)13-12-22-21(27)16-25(31)34-22)35-26(32)29-18-8-10-20(11-9-18)33-19-6-4-3-5-7-19/h3-11,21-24,30H,12-17H2,1-2H3,(H,29,32)/t21-,22-,23-,24-,27+,28+/m1/s1. The zero-order chi connectivity index (χ0) is 24.6. The SMILES string of the molecule is C[C@]1(CO)[C@@H]2CC[C@H]3OC(=O)C[C@H]3[C@]2(C)CC[C@H]1OC(=O)Nc1ccc(Oc2ccccc2)cc1. The van der Waals surface area contributed by atoms with Gasteiger partial charge in [0.2, 0.25) is 0 Å². The van der Waals surface area contributed by atoms with Crippen molar-refractivity contribution in [1.29, 1.82) is 0 Å². The molecule has 7 heteroatoms. The molecule has 35 heavy (non-hydrogen) atoms. The van der Waals surface area contributed by atoms with Gasteiger partial charge in [-0.15, -0.1) is 0 Å². The van der Waals surface area contributed by atoms with Crippen molar-refractivity contribution in [1.82, 2.24) is 0 Å². The average Bonchev–Trinajstić information content (AvgIpc) is 3.25. The first kappa shape index (κ1) is 23.7. The normalized spacial score (nSPS) is 33.7. The van der Waals surface area contributed by atoms with E-state index in [1.807, 2.05) is 37.3 Å². The van der Waals surface area contributed by atoms with Crippen LogP contribution in [-0.4, -0.2) is 36.0 Å². The second kappa shape index (κ2) is 9.19. The number of rotatable bonds is 5. The molecule has 1 amide bonds. The van der Waals surface area contributed by atoms with Crippen molar-refractivity contribution in [2.24, 2.45) is 22.7 Å². The van der Waals surface area contributed by atoms with Crippen LogP contribution >= 0.6 is 0 Å². The van der Waals surface area contributed by atoms with Crippen LogP contribution in [0.25, 0.3) is 0 Å². The predicted octanol–water partition coefficient (Wildman–Crippen LogP) is 5.54. The van der Waals surface area contributed by atoms with E-state index in [-0.39, 0.29) is 35.9 Å². The number of aliphatic hydroxyl groups is 1. The molecule has 6 atom stereocenters. The van der Waals surface area contributed by atoms with E-state index in [9.17, 15) is 14.7 Å². The fraction of sp³-hybridized carbons (Fsp3) is 0.500. The molecule has 2 saturated carbocycles. The summed E-state index contributed by atoms with van der Waals surface area (Å²) in [6, 6.07) is 16.6. The third-order valence-electron chi connectivity index (χ3n) is 8.65. The summed E-state index contributed by atoms with van der Waals surface area (Å²) >= 11 is 0. The number of aliphatic hydroxyl groups excluding tert-OH is 1. The smallest absolute Gasteiger partial charge is 0.411 e. The Morgan fingerprint density at radius 1 is 1.06 bits per heavy atom. The minimum atomic E-state index is -0.589. The number of esters is 1. The van der Waals surface area contributed by atoms with Gasteiger partial charge in [0.1, 0.15) is 23.7 Å². The molecule has 1 saturated heterocycles. The summed E-state index contributed by atoms with van der Waals surface area (Å²) in [6.45, 7) is 4.16. The van der Waals surface area contributed by atoms with Crippen LogP contribution in [0.3, 0.4) is 0 Å². The fourth-order valence-electron chi connectivity index (χ4n) is 6.80. The summed E-state index contributed by atoms with van der Waals surface area (Å²) in [5, 5.41) is 13.3. The van der Waals surface area contributed by atoms with Gasteiger partial charge in [0, 0.05) is 17.0 Å². The van der Waals surface area contributed by atoms with Crippen molar-refractivity contribution in [2.75, 3.05) is 11.9 Å². The summed E-state index contributed by atoms with van der Waals surface area (Å²) in [6.07, 6.45) is 2.56. The highest BCUT2D eigenvalue weighted by Gasteiger charge is 2.62. The Bertz CT molecular complexity index is 1070. The number of benzene rings is 2. The Labute approximate surface area is 205 Å². The molecule has 2 aromatic carbocycles. The van der Waals surface area contributed by atoms with Gasteiger partial charge in [-0.05, 0) is 73.4 Å². The van der Waals surface area contributed by atoms with Crippen LogP contribution in [-0.2, 0) is 14.3 Å². The topological polar surface area (TPSA) is 94.1 Å². The van der Waals surface area contributed by atoms with Gasteiger partial charge in [0.25, 0.3) is 0 Å². The minimum Gasteiger partial charge on any atom is -0.462 e. The van der Waals surface area contributed by atoms with Crippen molar-refractivity contribution in [2.45, 2.75) is 58.2 Å². The largest absolute Gasteiger partial charge is 0.462 e. The summed E-state index contributed by atoms with van der Waals surface area (Å²) in [7, 11) is 0. The van der Waals surface area contributed by atoms with Crippen LogP contribution in [0.2, 0.25) is 0 Å². The van der Waals surface area contributed by atoms with Crippen LogP contribution < -0.4 is 10.1 Å². The van der Waals surface area contributed by atoms with Crippen LogP contribution in [0.15, 0.2) is 54.6 Å². The van der Waals surface area contributed by atoms with Gasteiger partial charge in [0.05, 0.1) is 13.0 Å². The third-order valence-corrected chi connectivity index (χ3v) is 8.65. The summed E-state index contributed by atoms with van der Waals surface area (Å²) < 4.78 is 17.3. The Kier molecular flexibility index (Phi) is 6.21. The van der Waals surface area contributed by atoms with E-state index in [2.05, 4.69) is 12.2 Å². The van der Waals surface area contributed by atoms with Crippen molar-refractivity contribution < 1.29 is 28.9 Å². The first-order chi connectivity index (χ1) is 16.8. The van der Waals surface area contributed by atoms with Gasteiger partial charge >= 0.3 is 12.1 Å². The lowest BCUT2D eigenvalue weighted by molar-refractivity contribution is -0.174. The van der Waals surface area contributed by atoms with E-state index in [1.54, 1.807) is 24.3 Å². The number of carbonyl (C=O) groups excluding carboxylic acids is 2. The number of anilines is 1. The fourth-order valence-corrected chi connectivity index (χ4v) is 6.80. The molecular formula is C28H33NO6. The zero-order valence-electron chi connectivity index (χ0n) is 20.2. The number of para-hydroxylation sites is 1. The van der Waals surface area contributed by atoms with E-state index in [1.165, 1.54) is 0 Å². The first-order valence-electron chi connectivity index (χ1n) is 12.4. The molecule has 0 aromatic heterocycles. The maximum Gasteiger partial charge on any atom is 0.411 e. The molecule has 3 fully saturated rings. The van der Waals surface area contributed by atoms with Crippen molar-refractivity contribution in [3.05, 3.63) is 54.6 Å². The van der Waals surface area contributed by atoms with E-state index in [0.29, 0.717) is 24.3 Å². The van der Waals surface area contributed by atoms with E-state index in [4.69, 9.17) is 14.2 Å². The average molecular weight is 480 g/mol. The van der Waals surface area contributed by atoms with Gasteiger partial charge in [0.15, 0.2) is 0 Å². The van der Waals surface area contributed by atoms with Crippen molar-refractivity contribution in [3.63, 3.8) is 0 Å². The van der Waals surface area contributed by atoms with E-state index in [0.717, 1.165) is 25.0 Å². The van der Waals surface area contributed by atoms with Crippen LogP contribution in [0.1, 0.15) is 46.0 Å². The molecule has 0 spiro atoms. The highest BCUT2D eigenvalue weighted by molar-refractivity contribution is 5.84. The molecule has 5 rings (SSSR count). The van der Waals surface area contributed by atoms with Gasteiger partial charge in [-0.3, -0.25) is 10.1 Å². The zero-order valence-corrected chi connectivity index (χ0v) is 20.2. The summed E-state index contributed by atoms with van der Waals surface area (Å²) in [5.74, 6) is 1.58. The lowest BCUT2D eigenvalue weighted by Gasteiger charge is -2.59. The molecule has 2 aromatic rings. The number of carbonyl (C=O) groups is 2. The molecule has 0 unspecified atom stereocenters. The van der Waals surface area contributed by atoms with Gasteiger partial charge in [-0.25, -0.2) is 4.79 Å². The molecule has 2 N–H and O–H groups in total. The third kappa shape index (κ3) is 4.38. The molecule has 1 aliphatic heterocycles. The van der Waals surface area contributed by atoms with Gasteiger partial charge in [-0.1, -0.05) is 32.0 Å². The molecule has 3 aliphatic rings. The first-order valence-corrected chi connectivity index (χ1v) is 12.4. The van der Waals surface area contributed by atoms with Crippen LogP contribution in [0, 0.1) is 22.7 Å². The van der Waals surface area contributed by atoms with Crippen molar-refractivity contribution >= 4 is 17.7 Å². The maximum absolute atomic E-state index is 12.8. The number of hydrogen-bond donors (Lipinski definition) is 2. The van der Waals surface area contributed by atoms with Crippen LogP contribution in [0.5, 0.6) is 11.5 Å². The molecular weight excluding hydrogens is 446 g/mol. The Morgan fingerprint density at radius 3 is 2.49 bits per heavy atom. The number of fused-ring (bicyclic) bond motifs is 3. The van der Waals surface area contributed by atoms with Gasteiger partial charge in [-0.2, -0.15) is 0 Å². The number of ether oxygens (including phenoxy) is 3. The molecule has 0 radical (unpaired) electrons. The highest BCUT2D eigenvalue weighted by atomic mass is 16.6. The van der Waals surface area contributed by atoms with E-state index >= 15 is 0 Å². The highest BCUT2D eigenvalue weighted by Crippen LogP contribution is 2.62.